The summed E-state index contributed by atoms with van der Waals surface area (Å²) in [5.41, 5.74) is 6.75. The Bertz CT molecular complexity index is 420. The Hall–Kier alpha value is -0.360. The van der Waals surface area contributed by atoms with E-state index in [-0.39, 0.29) is 30.7 Å². The smallest absolute Gasteiger partial charge is 0.236 e. The molecule has 2 rings (SSSR count). The molecule has 0 bridgehead atoms. The van der Waals surface area contributed by atoms with Gasteiger partial charge in [-0.3, -0.25) is 4.79 Å². The van der Waals surface area contributed by atoms with Gasteiger partial charge in [-0.2, -0.15) is 0 Å². The predicted molar refractivity (Wildman–Crippen MR) is 92.8 cm³/mol. The molecule has 3 N–H and O–H groups in total. The minimum Gasteiger partial charge on any atom is -0.354 e. The molecule has 1 aromatic rings. The van der Waals surface area contributed by atoms with E-state index in [4.69, 9.17) is 10.7 Å². The minimum absolute atomic E-state index is 0. The fraction of sp³-hybridized carbons (Fsp3) is 0.714. The second kappa shape index (κ2) is 10.4. The molecule has 1 saturated carbocycles. The average molecular weight is 354 g/mol. The van der Waals surface area contributed by atoms with Gasteiger partial charge < -0.3 is 11.1 Å². The van der Waals surface area contributed by atoms with Crippen molar-refractivity contribution in [2.75, 3.05) is 6.54 Å². The Morgan fingerprint density at radius 3 is 2.71 bits per heavy atom. The van der Waals surface area contributed by atoms with Crippen molar-refractivity contribution in [3.05, 3.63) is 16.1 Å². The molecule has 1 fully saturated rings. The van der Waals surface area contributed by atoms with Gasteiger partial charge in [-0.1, -0.05) is 19.3 Å². The monoisotopic (exact) mass is 353 g/mol. The quantitative estimate of drug-likeness (QED) is 0.854. The van der Waals surface area contributed by atoms with Gasteiger partial charge in [-0.15, -0.1) is 36.2 Å². The molecule has 0 spiro atoms. The molecule has 0 unspecified atom stereocenters. The van der Waals surface area contributed by atoms with Gasteiger partial charge in [0, 0.05) is 24.3 Å². The van der Waals surface area contributed by atoms with Crippen LogP contribution in [0.5, 0.6) is 0 Å². The lowest BCUT2D eigenvalue weighted by Crippen LogP contribution is -2.39. The molecule has 0 aliphatic heterocycles. The van der Waals surface area contributed by atoms with Crippen LogP contribution < -0.4 is 11.1 Å². The van der Waals surface area contributed by atoms with E-state index in [9.17, 15) is 4.79 Å². The first-order valence-corrected chi connectivity index (χ1v) is 8.02. The molecule has 21 heavy (non-hydrogen) atoms. The number of hydrogen-bond acceptors (Lipinski definition) is 4. The van der Waals surface area contributed by atoms with Crippen LogP contribution in [0.1, 0.15) is 55.6 Å². The van der Waals surface area contributed by atoms with E-state index < -0.39 is 6.04 Å². The van der Waals surface area contributed by atoms with Crippen molar-refractivity contribution in [1.29, 1.82) is 0 Å². The maximum Gasteiger partial charge on any atom is 0.236 e. The number of halogens is 2. The molecule has 122 valence electrons. The standard InChI is InChI=1S/C14H23N3OS.2ClH/c1-10(15)14(18)16-8-7-13-17-12(9-19-13)11-5-3-2-4-6-11;;/h9-11H,2-8,15H2,1H3,(H,16,18);2*1H/t10-;;/m1../s1. The van der Waals surface area contributed by atoms with Crippen LogP contribution in [0.3, 0.4) is 0 Å². The van der Waals surface area contributed by atoms with Crippen LogP contribution in [0.4, 0.5) is 0 Å². The maximum atomic E-state index is 11.3. The molecule has 4 nitrogen and oxygen atoms in total. The van der Waals surface area contributed by atoms with Crippen LogP contribution in [0.15, 0.2) is 5.38 Å². The normalized spacial score (nSPS) is 16.5. The summed E-state index contributed by atoms with van der Waals surface area (Å²) in [6, 6.07) is -0.436. The van der Waals surface area contributed by atoms with Gasteiger partial charge in [0.2, 0.25) is 5.91 Å². The van der Waals surface area contributed by atoms with E-state index in [1.807, 2.05) is 0 Å². The van der Waals surface area contributed by atoms with Crippen LogP contribution in [-0.2, 0) is 11.2 Å². The van der Waals surface area contributed by atoms with Crippen LogP contribution in [0, 0.1) is 0 Å². The summed E-state index contributed by atoms with van der Waals surface area (Å²) in [6.45, 7) is 2.32. The molecule has 1 heterocycles. The highest BCUT2D eigenvalue weighted by Crippen LogP contribution is 2.32. The number of aromatic nitrogens is 1. The third-order valence-corrected chi connectivity index (χ3v) is 4.57. The zero-order chi connectivity index (χ0) is 13.7. The van der Waals surface area contributed by atoms with E-state index in [1.165, 1.54) is 37.8 Å². The third-order valence-electron chi connectivity index (χ3n) is 3.64. The molecular weight excluding hydrogens is 329 g/mol. The van der Waals surface area contributed by atoms with Gasteiger partial charge in [-0.05, 0) is 19.8 Å². The highest BCUT2D eigenvalue weighted by atomic mass is 35.5. The molecular formula is C14H25Cl2N3OS. The van der Waals surface area contributed by atoms with Crippen molar-refractivity contribution in [1.82, 2.24) is 10.3 Å². The summed E-state index contributed by atoms with van der Waals surface area (Å²) in [5, 5.41) is 6.13. The van der Waals surface area contributed by atoms with Gasteiger partial charge >= 0.3 is 0 Å². The Morgan fingerprint density at radius 1 is 1.43 bits per heavy atom. The molecule has 1 aliphatic rings. The van der Waals surface area contributed by atoms with E-state index in [0.717, 1.165) is 11.4 Å². The molecule has 0 radical (unpaired) electrons. The Labute approximate surface area is 143 Å². The summed E-state index contributed by atoms with van der Waals surface area (Å²) >= 11 is 1.71. The molecule has 0 saturated heterocycles. The number of amides is 1. The number of carbonyl (C=O) groups excluding carboxylic acids is 1. The highest BCUT2D eigenvalue weighted by molar-refractivity contribution is 7.09. The highest BCUT2D eigenvalue weighted by Gasteiger charge is 2.18. The number of nitrogens with two attached hydrogens (primary N) is 1. The summed E-state index contributed by atoms with van der Waals surface area (Å²) < 4.78 is 0. The molecule has 0 aromatic carbocycles. The van der Waals surface area contributed by atoms with Gasteiger partial charge in [0.25, 0.3) is 0 Å². The Morgan fingerprint density at radius 2 is 2.10 bits per heavy atom. The zero-order valence-electron chi connectivity index (χ0n) is 12.3. The maximum absolute atomic E-state index is 11.3. The van der Waals surface area contributed by atoms with Crippen molar-refractivity contribution >= 4 is 42.1 Å². The zero-order valence-corrected chi connectivity index (χ0v) is 14.8. The van der Waals surface area contributed by atoms with E-state index in [2.05, 4.69) is 10.7 Å². The average Bonchev–Trinajstić information content (AvgIpc) is 2.88. The van der Waals surface area contributed by atoms with E-state index in [1.54, 1.807) is 18.3 Å². The topological polar surface area (TPSA) is 68.0 Å². The van der Waals surface area contributed by atoms with Crippen molar-refractivity contribution in [3.63, 3.8) is 0 Å². The Balaban J connectivity index is 0.00000200. The van der Waals surface area contributed by atoms with Gasteiger partial charge in [-0.25, -0.2) is 4.98 Å². The number of nitrogens with one attached hydrogen (secondary N) is 1. The summed E-state index contributed by atoms with van der Waals surface area (Å²) in [4.78, 5) is 16.0. The lowest BCUT2D eigenvalue weighted by Gasteiger charge is -2.19. The summed E-state index contributed by atoms with van der Waals surface area (Å²) in [7, 11) is 0. The van der Waals surface area contributed by atoms with Crippen LogP contribution >= 0.6 is 36.2 Å². The predicted octanol–water partition coefficient (Wildman–Crippen LogP) is 3.04. The Kier molecular flexibility index (Phi) is 10.2. The summed E-state index contributed by atoms with van der Waals surface area (Å²) in [6.07, 6.45) is 7.41. The van der Waals surface area contributed by atoms with Crippen LogP contribution in [-0.4, -0.2) is 23.5 Å². The first kappa shape index (κ1) is 20.6. The first-order valence-electron chi connectivity index (χ1n) is 7.14. The van der Waals surface area contributed by atoms with Gasteiger partial charge in [0.05, 0.1) is 16.7 Å². The number of thiazole rings is 1. The van der Waals surface area contributed by atoms with Gasteiger partial charge in [0.1, 0.15) is 0 Å². The molecule has 1 atom stereocenters. The number of rotatable bonds is 5. The van der Waals surface area contributed by atoms with Crippen molar-refractivity contribution in [3.8, 4) is 0 Å². The summed E-state index contributed by atoms with van der Waals surface area (Å²) in [5.74, 6) is 0.571. The van der Waals surface area contributed by atoms with Crippen LogP contribution in [0.25, 0.3) is 0 Å². The minimum atomic E-state index is -0.436. The first-order chi connectivity index (χ1) is 9.16. The number of nitrogens with zero attached hydrogens (tertiary/aromatic N) is 1. The largest absolute Gasteiger partial charge is 0.354 e. The van der Waals surface area contributed by atoms with Crippen molar-refractivity contribution in [2.45, 2.75) is 57.4 Å². The lowest BCUT2D eigenvalue weighted by molar-refractivity contribution is -0.121. The van der Waals surface area contributed by atoms with Crippen molar-refractivity contribution < 1.29 is 4.79 Å². The fourth-order valence-electron chi connectivity index (χ4n) is 2.48. The fourth-order valence-corrected chi connectivity index (χ4v) is 3.36. The van der Waals surface area contributed by atoms with Gasteiger partial charge in [0.15, 0.2) is 0 Å². The second-order valence-corrected chi connectivity index (χ2v) is 6.27. The van der Waals surface area contributed by atoms with Crippen molar-refractivity contribution in [2.24, 2.45) is 5.73 Å². The van der Waals surface area contributed by atoms with Crippen LogP contribution in [0.2, 0.25) is 0 Å². The molecule has 1 aromatic heterocycles. The third kappa shape index (κ3) is 6.51. The lowest BCUT2D eigenvalue weighted by atomic mass is 9.87. The molecule has 7 heteroatoms. The molecule has 1 aliphatic carbocycles. The number of hydrogen-bond donors (Lipinski definition) is 2. The SMILES string of the molecule is C[C@@H](N)C(=O)NCCc1nc(C2CCCCC2)cs1.Cl.Cl. The molecule has 1 amide bonds. The number of carbonyl (C=O) groups is 1. The van der Waals surface area contributed by atoms with E-state index in [0.29, 0.717) is 12.5 Å². The van der Waals surface area contributed by atoms with E-state index >= 15 is 0 Å². The second-order valence-electron chi connectivity index (χ2n) is 5.33.